The molecule has 0 aliphatic heterocycles. The molecule has 0 fully saturated rings. The van der Waals surface area contributed by atoms with E-state index < -0.39 is 17.1 Å². The molecule has 0 saturated carbocycles. The maximum atomic E-state index is 12.2. The Hall–Kier alpha value is -3.15. The van der Waals surface area contributed by atoms with Crippen LogP contribution in [0.3, 0.4) is 0 Å². The van der Waals surface area contributed by atoms with Crippen molar-refractivity contribution in [3.05, 3.63) is 71.7 Å². The van der Waals surface area contributed by atoms with E-state index in [1.807, 2.05) is 0 Å². The summed E-state index contributed by atoms with van der Waals surface area (Å²) in [5, 5.41) is 21.0. The van der Waals surface area contributed by atoms with Crippen LogP contribution in [0.2, 0.25) is 5.02 Å². The molecule has 0 atom stereocenters. The predicted molar refractivity (Wildman–Crippen MR) is 108 cm³/mol. The summed E-state index contributed by atoms with van der Waals surface area (Å²) in [5.41, 5.74) is 0.145. The summed E-state index contributed by atoms with van der Waals surface area (Å²) in [6.07, 6.45) is 3.96. The maximum Gasteiger partial charge on any atom is 0.335 e. The van der Waals surface area contributed by atoms with Crippen LogP contribution in [0.4, 0.5) is 5.00 Å². The van der Waals surface area contributed by atoms with Crippen molar-refractivity contribution in [2.24, 2.45) is 4.99 Å². The van der Waals surface area contributed by atoms with Crippen LogP contribution < -0.4 is 11.2 Å². The normalized spacial score (nSPS) is 13.0. The number of nitrogens with one attached hydrogen (secondary N) is 1. The molecule has 2 heterocycles. The second-order valence-corrected chi connectivity index (χ2v) is 7.74. The number of thiophene rings is 1. The lowest BCUT2D eigenvalue weighted by Gasteiger charge is -2.09. The molecule has 1 aromatic carbocycles. The van der Waals surface area contributed by atoms with Crippen LogP contribution in [0, 0.1) is 11.3 Å². The SMILES string of the molecule is N#Cc1c(/N=C/c2c(O)n(-c3ccc(Cl)cc3)c(=O)[nH]c2=O)sc2c1CCC2. The quantitative estimate of drug-likeness (QED) is 0.644. The van der Waals surface area contributed by atoms with E-state index in [2.05, 4.69) is 16.0 Å². The van der Waals surface area contributed by atoms with Gasteiger partial charge in [-0.05, 0) is 49.1 Å². The minimum absolute atomic E-state index is 0.174. The zero-order valence-electron chi connectivity index (χ0n) is 14.4. The fourth-order valence-electron chi connectivity index (χ4n) is 3.20. The van der Waals surface area contributed by atoms with E-state index in [0.717, 1.165) is 34.3 Å². The third-order valence-electron chi connectivity index (χ3n) is 4.53. The van der Waals surface area contributed by atoms with Crippen molar-refractivity contribution in [2.45, 2.75) is 19.3 Å². The van der Waals surface area contributed by atoms with Crippen LogP contribution in [0.1, 0.15) is 28.0 Å². The Morgan fingerprint density at radius 1 is 1.29 bits per heavy atom. The summed E-state index contributed by atoms with van der Waals surface area (Å²) in [4.78, 5) is 32.0. The van der Waals surface area contributed by atoms with Gasteiger partial charge >= 0.3 is 5.69 Å². The number of aromatic nitrogens is 2. The average molecular weight is 413 g/mol. The first-order valence-corrected chi connectivity index (χ1v) is 9.62. The zero-order valence-corrected chi connectivity index (χ0v) is 16.0. The summed E-state index contributed by atoms with van der Waals surface area (Å²) >= 11 is 7.27. The Morgan fingerprint density at radius 2 is 2.04 bits per heavy atom. The molecule has 1 aliphatic rings. The van der Waals surface area contributed by atoms with Crippen LogP contribution in [-0.2, 0) is 12.8 Å². The molecule has 2 N–H and O–H groups in total. The van der Waals surface area contributed by atoms with Crippen molar-refractivity contribution < 1.29 is 5.11 Å². The summed E-state index contributed by atoms with van der Waals surface area (Å²) in [6, 6.07) is 8.38. The van der Waals surface area contributed by atoms with E-state index in [0.29, 0.717) is 21.3 Å². The van der Waals surface area contributed by atoms with Crippen LogP contribution in [0.15, 0.2) is 38.8 Å². The number of halogens is 1. The van der Waals surface area contributed by atoms with Gasteiger partial charge < -0.3 is 5.11 Å². The number of benzene rings is 1. The Balaban J connectivity index is 1.81. The molecule has 0 radical (unpaired) electrons. The van der Waals surface area contributed by atoms with Gasteiger partial charge in [0.15, 0.2) is 0 Å². The molecule has 7 nitrogen and oxygen atoms in total. The highest BCUT2D eigenvalue weighted by Crippen LogP contribution is 2.40. The van der Waals surface area contributed by atoms with Crippen LogP contribution in [-0.4, -0.2) is 20.9 Å². The third-order valence-corrected chi connectivity index (χ3v) is 5.98. The van der Waals surface area contributed by atoms with E-state index in [9.17, 15) is 20.0 Å². The Bertz CT molecular complexity index is 1260. The first-order valence-electron chi connectivity index (χ1n) is 8.42. The molecule has 1 aliphatic carbocycles. The summed E-state index contributed by atoms with van der Waals surface area (Å²) in [7, 11) is 0. The Kier molecular flexibility index (Phi) is 4.63. The molecule has 0 saturated heterocycles. The zero-order chi connectivity index (χ0) is 19.8. The van der Waals surface area contributed by atoms with Crippen molar-refractivity contribution in [1.29, 1.82) is 5.26 Å². The van der Waals surface area contributed by atoms with Gasteiger partial charge in [0.05, 0.1) is 11.3 Å². The highest BCUT2D eigenvalue weighted by molar-refractivity contribution is 7.16. The number of rotatable bonds is 3. The standard InChI is InChI=1S/C19H13ClN4O3S/c20-10-4-6-11(7-5-10)24-18(26)14(16(25)23-19(24)27)9-22-17-13(8-21)12-2-1-3-15(12)28-17/h4-7,9,26H,1-3H2,(H,23,25,27)/b22-9+. The van der Waals surface area contributed by atoms with Gasteiger partial charge in [0.1, 0.15) is 16.6 Å². The third kappa shape index (κ3) is 3.05. The van der Waals surface area contributed by atoms with Gasteiger partial charge in [0.25, 0.3) is 5.56 Å². The van der Waals surface area contributed by atoms with Crippen molar-refractivity contribution in [3.8, 4) is 17.6 Å². The fraction of sp³-hybridized carbons (Fsp3) is 0.158. The number of hydrogen-bond acceptors (Lipinski definition) is 6. The minimum atomic E-state index is -0.783. The fourth-order valence-corrected chi connectivity index (χ4v) is 4.51. The molecular formula is C19H13ClN4O3S. The van der Waals surface area contributed by atoms with Crippen LogP contribution in [0.5, 0.6) is 5.88 Å². The van der Waals surface area contributed by atoms with Gasteiger partial charge in [-0.1, -0.05) is 11.6 Å². The molecule has 28 heavy (non-hydrogen) atoms. The van der Waals surface area contributed by atoms with Gasteiger partial charge in [0, 0.05) is 16.1 Å². The minimum Gasteiger partial charge on any atom is -0.493 e. The van der Waals surface area contributed by atoms with Crippen molar-refractivity contribution in [2.75, 3.05) is 0 Å². The number of aromatic amines is 1. The molecule has 3 aromatic rings. The summed E-state index contributed by atoms with van der Waals surface area (Å²) in [6.45, 7) is 0. The largest absolute Gasteiger partial charge is 0.493 e. The first kappa shape index (κ1) is 18.2. The second-order valence-electron chi connectivity index (χ2n) is 6.22. The van der Waals surface area contributed by atoms with E-state index in [4.69, 9.17) is 11.6 Å². The molecule has 0 bridgehead atoms. The maximum absolute atomic E-state index is 12.2. The van der Waals surface area contributed by atoms with Gasteiger partial charge in [0.2, 0.25) is 5.88 Å². The number of hydrogen-bond donors (Lipinski definition) is 2. The lowest BCUT2D eigenvalue weighted by molar-refractivity contribution is 0.430. The highest BCUT2D eigenvalue weighted by Gasteiger charge is 2.22. The molecule has 140 valence electrons. The smallest absolute Gasteiger partial charge is 0.335 e. The predicted octanol–water partition coefficient (Wildman–Crippen LogP) is 3.06. The van der Waals surface area contributed by atoms with Gasteiger partial charge in [-0.25, -0.2) is 14.4 Å². The lowest BCUT2D eigenvalue weighted by Crippen LogP contribution is -2.31. The van der Waals surface area contributed by atoms with E-state index in [1.54, 1.807) is 24.3 Å². The van der Waals surface area contributed by atoms with Crippen molar-refractivity contribution in [1.82, 2.24) is 9.55 Å². The second kappa shape index (κ2) is 7.11. The molecular weight excluding hydrogens is 400 g/mol. The number of nitriles is 1. The topological polar surface area (TPSA) is 111 Å². The number of fused-ring (bicyclic) bond motifs is 1. The van der Waals surface area contributed by atoms with Crippen LogP contribution in [0.25, 0.3) is 5.69 Å². The van der Waals surface area contributed by atoms with E-state index in [1.165, 1.54) is 17.6 Å². The number of aliphatic imine (C=N–C) groups is 1. The molecule has 9 heteroatoms. The molecule has 0 spiro atoms. The van der Waals surface area contributed by atoms with Crippen molar-refractivity contribution >= 4 is 34.2 Å². The first-order chi connectivity index (χ1) is 13.5. The summed E-state index contributed by atoms with van der Waals surface area (Å²) < 4.78 is 0.957. The van der Waals surface area contributed by atoms with E-state index in [-0.39, 0.29) is 5.56 Å². The molecule has 0 unspecified atom stereocenters. The average Bonchev–Trinajstić information content (AvgIpc) is 3.23. The number of nitrogens with zero attached hydrogens (tertiary/aromatic N) is 3. The molecule has 2 aromatic heterocycles. The van der Waals surface area contributed by atoms with Crippen molar-refractivity contribution in [3.63, 3.8) is 0 Å². The number of aryl methyl sites for hydroxylation is 1. The molecule has 0 amide bonds. The van der Waals surface area contributed by atoms with Gasteiger partial charge in [-0.2, -0.15) is 5.26 Å². The molecule has 4 rings (SSSR count). The lowest BCUT2D eigenvalue weighted by atomic mass is 10.1. The number of aromatic hydroxyl groups is 1. The Morgan fingerprint density at radius 3 is 2.75 bits per heavy atom. The Labute approximate surface area is 167 Å². The highest BCUT2D eigenvalue weighted by atomic mass is 35.5. The monoisotopic (exact) mass is 412 g/mol. The number of H-pyrrole nitrogens is 1. The van der Waals surface area contributed by atoms with Gasteiger partial charge in [-0.15, -0.1) is 11.3 Å². The van der Waals surface area contributed by atoms with Gasteiger partial charge in [-0.3, -0.25) is 9.78 Å². The summed E-state index contributed by atoms with van der Waals surface area (Å²) in [5.74, 6) is -0.539. The van der Waals surface area contributed by atoms with E-state index >= 15 is 0 Å². The van der Waals surface area contributed by atoms with Crippen LogP contribution >= 0.6 is 22.9 Å².